The van der Waals surface area contributed by atoms with Gasteiger partial charge in [-0.1, -0.05) is 24.3 Å². The average Bonchev–Trinajstić information content (AvgIpc) is 2.41. The fourth-order valence-corrected chi connectivity index (χ4v) is 1.76. The number of nitrogens with one attached hydrogen (secondary N) is 1. The molecule has 0 amide bonds. The maximum Gasteiger partial charge on any atom is 0.0719 e. The van der Waals surface area contributed by atoms with Crippen LogP contribution in [0.4, 0.5) is 0 Å². The Hall–Kier alpha value is -1.37. The lowest BCUT2D eigenvalue weighted by atomic mass is 10.1. The zero-order valence-corrected chi connectivity index (χ0v) is 11.1. The first kappa shape index (κ1) is 14.7. The summed E-state index contributed by atoms with van der Waals surface area (Å²) < 4.78 is 5.46. The van der Waals surface area contributed by atoms with Crippen molar-refractivity contribution >= 4 is 0 Å². The Bertz CT molecular complexity index is 371. The van der Waals surface area contributed by atoms with Gasteiger partial charge in [0.05, 0.1) is 12.7 Å². The average molecular weight is 246 g/mol. The molecule has 0 aliphatic heterocycles. The molecule has 18 heavy (non-hydrogen) atoms. The highest BCUT2D eigenvalue weighted by Gasteiger charge is 2.00. The van der Waals surface area contributed by atoms with Crippen molar-refractivity contribution < 1.29 is 4.74 Å². The van der Waals surface area contributed by atoms with Gasteiger partial charge in [-0.25, -0.2) is 0 Å². The van der Waals surface area contributed by atoms with Crippen LogP contribution in [-0.4, -0.2) is 13.2 Å². The highest BCUT2D eigenvalue weighted by molar-refractivity contribution is 5.26. The summed E-state index contributed by atoms with van der Waals surface area (Å²) >= 11 is 0. The maximum atomic E-state index is 8.44. The summed E-state index contributed by atoms with van der Waals surface area (Å²) in [6.45, 7) is 5.27. The van der Waals surface area contributed by atoms with Crippen molar-refractivity contribution in [2.45, 2.75) is 39.3 Å². The summed E-state index contributed by atoms with van der Waals surface area (Å²) in [5, 5.41) is 11.8. The molecule has 3 heteroatoms. The first-order valence-corrected chi connectivity index (χ1v) is 6.60. The van der Waals surface area contributed by atoms with E-state index in [-0.39, 0.29) is 0 Å². The Morgan fingerprint density at radius 2 is 2.00 bits per heavy atom. The van der Waals surface area contributed by atoms with Crippen LogP contribution >= 0.6 is 0 Å². The minimum absolute atomic E-state index is 0.655. The highest BCUT2D eigenvalue weighted by atomic mass is 16.5. The SMILES string of the molecule is CCOCc1ccccc1CNCCCCC#N. The number of benzene rings is 1. The van der Waals surface area contributed by atoms with Crippen molar-refractivity contribution in [3.63, 3.8) is 0 Å². The van der Waals surface area contributed by atoms with Crippen LogP contribution in [0.3, 0.4) is 0 Å². The van der Waals surface area contributed by atoms with E-state index in [4.69, 9.17) is 10.00 Å². The molecule has 0 bridgehead atoms. The summed E-state index contributed by atoms with van der Waals surface area (Å²) in [7, 11) is 0. The molecule has 3 nitrogen and oxygen atoms in total. The molecular weight excluding hydrogens is 224 g/mol. The first-order chi connectivity index (χ1) is 8.88. The molecular formula is C15H22N2O. The summed E-state index contributed by atoms with van der Waals surface area (Å²) in [5.41, 5.74) is 2.55. The van der Waals surface area contributed by atoms with E-state index in [2.05, 4.69) is 29.6 Å². The topological polar surface area (TPSA) is 45.0 Å². The molecule has 0 aromatic heterocycles. The van der Waals surface area contributed by atoms with Crippen molar-refractivity contribution in [1.82, 2.24) is 5.32 Å². The third-order valence-electron chi connectivity index (χ3n) is 2.79. The van der Waals surface area contributed by atoms with Gasteiger partial charge in [0, 0.05) is 19.6 Å². The second kappa shape index (κ2) is 9.64. The van der Waals surface area contributed by atoms with Gasteiger partial charge in [0.2, 0.25) is 0 Å². The van der Waals surface area contributed by atoms with Crippen LogP contribution in [0.1, 0.15) is 37.3 Å². The van der Waals surface area contributed by atoms with Gasteiger partial charge >= 0.3 is 0 Å². The van der Waals surface area contributed by atoms with Crippen LogP contribution in [-0.2, 0) is 17.9 Å². The Morgan fingerprint density at radius 1 is 1.22 bits per heavy atom. The van der Waals surface area contributed by atoms with E-state index in [1.807, 2.05) is 13.0 Å². The quantitative estimate of drug-likeness (QED) is 0.681. The van der Waals surface area contributed by atoms with Crippen LogP contribution in [0, 0.1) is 11.3 Å². The van der Waals surface area contributed by atoms with Gasteiger partial charge in [0.25, 0.3) is 0 Å². The minimum Gasteiger partial charge on any atom is -0.377 e. The molecule has 1 rings (SSSR count). The Balaban J connectivity index is 2.30. The molecule has 1 aromatic carbocycles. The monoisotopic (exact) mass is 246 g/mol. The van der Waals surface area contributed by atoms with Gasteiger partial charge in [-0.3, -0.25) is 0 Å². The van der Waals surface area contributed by atoms with E-state index in [1.165, 1.54) is 11.1 Å². The standard InChI is InChI=1S/C15H22N2O/c1-2-18-13-15-9-5-4-8-14(15)12-17-11-7-3-6-10-16/h4-5,8-9,17H,2-3,6-7,11-13H2,1H3. The van der Waals surface area contributed by atoms with E-state index >= 15 is 0 Å². The van der Waals surface area contributed by atoms with Gasteiger partial charge in [0.15, 0.2) is 0 Å². The molecule has 0 radical (unpaired) electrons. The largest absolute Gasteiger partial charge is 0.377 e. The van der Waals surface area contributed by atoms with E-state index < -0.39 is 0 Å². The lowest BCUT2D eigenvalue weighted by molar-refractivity contribution is 0.133. The lowest BCUT2D eigenvalue weighted by Crippen LogP contribution is -2.16. The van der Waals surface area contributed by atoms with Gasteiger partial charge in [-0.2, -0.15) is 5.26 Å². The molecule has 0 spiro atoms. The van der Waals surface area contributed by atoms with E-state index in [9.17, 15) is 0 Å². The summed E-state index contributed by atoms with van der Waals surface area (Å²) in [6, 6.07) is 10.5. The normalized spacial score (nSPS) is 10.2. The number of hydrogen-bond acceptors (Lipinski definition) is 3. The Labute approximate surface area is 110 Å². The molecule has 0 aliphatic rings. The smallest absolute Gasteiger partial charge is 0.0719 e. The van der Waals surface area contributed by atoms with Crippen molar-refractivity contribution in [2.24, 2.45) is 0 Å². The second-order valence-corrected chi connectivity index (χ2v) is 4.20. The predicted molar refractivity (Wildman–Crippen MR) is 72.9 cm³/mol. The molecule has 0 fully saturated rings. The number of ether oxygens (including phenoxy) is 1. The Kier molecular flexibility index (Phi) is 7.87. The molecule has 98 valence electrons. The molecule has 0 atom stereocenters. The second-order valence-electron chi connectivity index (χ2n) is 4.20. The third-order valence-corrected chi connectivity index (χ3v) is 2.79. The minimum atomic E-state index is 0.655. The van der Waals surface area contributed by atoms with Crippen LogP contribution in [0.5, 0.6) is 0 Å². The number of nitrogens with zero attached hydrogens (tertiary/aromatic N) is 1. The summed E-state index contributed by atoms with van der Waals surface area (Å²) in [5.74, 6) is 0. The van der Waals surface area contributed by atoms with Gasteiger partial charge < -0.3 is 10.1 Å². The molecule has 1 N–H and O–H groups in total. The van der Waals surface area contributed by atoms with Crippen LogP contribution in [0.25, 0.3) is 0 Å². The van der Waals surface area contributed by atoms with Crippen molar-refractivity contribution in [1.29, 1.82) is 5.26 Å². The first-order valence-electron chi connectivity index (χ1n) is 6.60. The number of hydrogen-bond donors (Lipinski definition) is 1. The lowest BCUT2D eigenvalue weighted by Gasteiger charge is -2.10. The van der Waals surface area contributed by atoms with Gasteiger partial charge in [-0.15, -0.1) is 0 Å². The molecule has 0 aliphatic carbocycles. The van der Waals surface area contributed by atoms with E-state index in [0.717, 1.165) is 32.5 Å². The number of rotatable bonds is 9. The Morgan fingerprint density at radius 3 is 2.72 bits per heavy atom. The number of nitriles is 1. The van der Waals surface area contributed by atoms with E-state index in [0.29, 0.717) is 13.0 Å². The number of unbranched alkanes of at least 4 members (excludes halogenated alkanes) is 2. The van der Waals surface area contributed by atoms with Crippen molar-refractivity contribution in [3.8, 4) is 6.07 Å². The van der Waals surface area contributed by atoms with Gasteiger partial charge in [-0.05, 0) is 37.4 Å². The molecule has 1 aromatic rings. The molecule has 0 heterocycles. The van der Waals surface area contributed by atoms with Crippen molar-refractivity contribution in [2.75, 3.05) is 13.2 Å². The zero-order chi connectivity index (χ0) is 13.1. The van der Waals surface area contributed by atoms with Crippen LogP contribution in [0.15, 0.2) is 24.3 Å². The highest BCUT2D eigenvalue weighted by Crippen LogP contribution is 2.10. The fraction of sp³-hybridized carbons (Fsp3) is 0.533. The summed E-state index contributed by atoms with van der Waals surface area (Å²) in [4.78, 5) is 0. The van der Waals surface area contributed by atoms with Gasteiger partial charge in [0.1, 0.15) is 0 Å². The predicted octanol–water partition coefficient (Wildman–Crippen LogP) is 3.01. The maximum absolute atomic E-state index is 8.44. The van der Waals surface area contributed by atoms with Crippen molar-refractivity contribution in [3.05, 3.63) is 35.4 Å². The fourth-order valence-electron chi connectivity index (χ4n) is 1.76. The molecule has 0 saturated heterocycles. The summed E-state index contributed by atoms with van der Waals surface area (Å²) in [6.07, 6.45) is 2.69. The van der Waals surface area contributed by atoms with Crippen LogP contribution < -0.4 is 5.32 Å². The third kappa shape index (κ3) is 5.81. The van der Waals surface area contributed by atoms with E-state index in [1.54, 1.807) is 0 Å². The zero-order valence-electron chi connectivity index (χ0n) is 11.1. The molecule has 0 saturated carbocycles. The van der Waals surface area contributed by atoms with Crippen LogP contribution in [0.2, 0.25) is 0 Å². The molecule has 0 unspecified atom stereocenters.